The van der Waals surface area contributed by atoms with Crippen molar-refractivity contribution in [1.29, 1.82) is 0 Å². The van der Waals surface area contributed by atoms with Gasteiger partial charge in [0.05, 0.1) is 23.7 Å². The molecule has 178 valence electrons. The predicted molar refractivity (Wildman–Crippen MR) is 126 cm³/mol. The van der Waals surface area contributed by atoms with Crippen molar-refractivity contribution in [3.05, 3.63) is 23.8 Å². The lowest BCUT2D eigenvalue weighted by atomic mass is 10.0. The number of morpholine rings is 1. The number of sulfonamides is 1. The molecule has 1 aromatic rings. The first kappa shape index (κ1) is 23.5. The maximum atomic E-state index is 13.7. The zero-order chi connectivity index (χ0) is 22.6. The number of amides is 1. The first-order valence-electron chi connectivity index (χ1n) is 12.2. The van der Waals surface area contributed by atoms with E-state index in [1.165, 1.54) is 23.6 Å². The molecule has 0 bridgehead atoms. The van der Waals surface area contributed by atoms with Gasteiger partial charge in [-0.05, 0) is 50.3 Å². The number of ether oxygens (including phenoxy) is 1. The summed E-state index contributed by atoms with van der Waals surface area (Å²) in [6.07, 6.45) is 10.2. The van der Waals surface area contributed by atoms with Gasteiger partial charge in [-0.3, -0.25) is 4.79 Å². The Bertz CT molecular complexity index is 885. The van der Waals surface area contributed by atoms with Crippen molar-refractivity contribution < 1.29 is 17.9 Å². The number of carbonyl (C=O) groups is 1. The Morgan fingerprint density at radius 1 is 0.938 bits per heavy atom. The molecule has 3 fully saturated rings. The summed E-state index contributed by atoms with van der Waals surface area (Å²) in [6.45, 7) is 3.32. The fourth-order valence-electron chi connectivity index (χ4n) is 5.19. The van der Waals surface area contributed by atoms with Gasteiger partial charge in [-0.15, -0.1) is 0 Å². The number of rotatable bonds is 5. The minimum atomic E-state index is -3.66. The van der Waals surface area contributed by atoms with Gasteiger partial charge in [-0.2, -0.15) is 4.31 Å². The third-order valence-electron chi connectivity index (χ3n) is 7.20. The first-order chi connectivity index (χ1) is 15.5. The van der Waals surface area contributed by atoms with Gasteiger partial charge < -0.3 is 14.5 Å². The van der Waals surface area contributed by atoms with E-state index in [1.807, 2.05) is 18.0 Å². The zero-order valence-electron chi connectivity index (χ0n) is 19.3. The monoisotopic (exact) mass is 463 g/mol. The van der Waals surface area contributed by atoms with Gasteiger partial charge in [0.1, 0.15) is 0 Å². The van der Waals surface area contributed by atoms with Crippen LogP contribution in [-0.4, -0.2) is 76.0 Å². The van der Waals surface area contributed by atoms with Crippen molar-refractivity contribution in [3.63, 3.8) is 0 Å². The van der Waals surface area contributed by atoms with E-state index in [-0.39, 0.29) is 16.8 Å². The Morgan fingerprint density at radius 3 is 2.22 bits per heavy atom. The quantitative estimate of drug-likeness (QED) is 0.625. The van der Waals surface area contributed by atoms with Gasteiger partial charge in [0.15, 0.2) is 0 Å². The molecule has 2 aliphatic heterocycles. The number of carbonyl (C=O) groups excluding carboxylic acids is 1. The molecule has 1 amide bonds. The molecule has 4 rings (SSSR count). The Morgan fingerprint density at radius 2 is 1.56 bits per heavy atom. The molecule has 2 heterocycles. The number of piperidine rings is 1. The second-order valence-electron chi connectivity index (χ2n) is 9.30. The highest BCUT2D eigenvalue weighted by Gasteiger charge is 2.31. The van der Waals surface area contributed by atoms with Crippen LogP contribution >= 0.6 is 0 Å². The molecule has 3 aliphatic rings. The smallest absolute Gasteiger partial charge is 0.255 e. The minimum Gasteiger partial charge on any atom is -0.379 e. The average molecular weight is 464 g/mol. The third kappa shape index (κ3) is 5.13. The molecule has 0 atom stereocenters. The molecular formula is C24H37N3O4S. The summed E-state index contributed by atoms with van der Waals surface area (Å²) >= 11 is 0. The molecule has 0 spiro atoms. The van der Waals surface area contributed by atoms with Crippen molar-refractivity contribution in [2.24, 2.45) is 0 Å². The summed E-state index contributed by atoms with van der Waals surface area (Å²) in [5.41, 5.74) is 1.39. The van der Waals surface area contributed by atoms with Gasteiger partial charge in [0.25, 0.3) is 5.91 Å². The normalized spacial score (nSPS) is 21.8. The minimum absolute atomic E-state index is 0.0588. The highest BCUT2D eigenvalue weighted by Crippen LogP contribution is 2.31. The molecule has 1 aromatic carbocycles. The molecule has 7 nitrogen and oxygen atoms in total. The maximum absolute atomic E-state index is 13.7. The zero-order valence-corrected chi connectivity index (χ0v) is 20.1. The second kappa shape index (κ2) is 10.5. The van der Waals surface area contributed by atoms with Crippen molar-refractivity contribution in [2.75, 3.05) is 51.3 Å². The molecule has 0 radical (unpaired) electrons. The summed E-state index contributed by atoms with van der Waals surface area (Å²) < 4.78 is 33.4. The number of anilines is 1. The SMILES string of the molecule is CN(C(=O)c1cc(S(=O)(=O)N2CCOCC2)ccc1N1CCCCC1)C1CCCCCC1. The summed E-state index contributed by atoms with van der Waals surface area (Å²) in [6, 6.07) is 5.38. The molecule has 1 saturated carbocycles. The van der Waals surface area contributed by atoms with Crippen LogP contribution in [0.25, 0.3) is 0 Å². The van der Waals surface area contributed by atoms with Crippen molar-refractivity contribution in [3.8, 4) is 0 Å². The third-order valence-corrected chi connectivity index (χ3v) is 9.09. The van der Waals surface area contributed by atoms with Crippen molar-refractivity contribution in [1.82, 2.24) is 9.21 Å². The van der Waals surface area contributed by atoms with Gasteiger partial charge in [-0.1, -0.05) is 25.7 Å². The van der Waals surface area contributed by atoms with Gasteiger partial charge >= 0.3 is 0 Å². The molecule has 0 N–H and O–H groups in total. The Hall–Kier alpha value is -1.64. The molecule has 1 aliphatic carbocycles. The molecule has 32 heavy (non-hydrogen) atoms. The van der Waals surface area contributed by atoms with Crippen LogP contribution in [0.5, 0.6) is 0 Å². The average Bonchev–Trinajstić information content (AvgIpc) is 3.13. The largest absolute Gasteiger partial charge is 0.379 e. The highest BCUT2D eigenvalue weighted by atomic mass is 32.2. The van der Waals surface area contributed by atoms with Crippen LogP contribution in [0.3, 0.4) is 0 Å². The second-order valence-corrected chi connectivity index (χ2v) is 11.2. The lowest BCUT2D eigenvalue weighted by Gasteiger charge is -2.33. The molecule has 8 heteroatoms. The van der Waals surface area contributed by atoms with E-state index in [0.717, 1.165) is 57.3 Å². The summed E-state index contributed by atoms with van der Waals surface area (Å²) in [5, 5.41) is 0. The highest BCUT2D eigenvalue weighted by molar-refractivity contribution is 7.89. The number of nitrogens with zero attached hydrogens (tertiary/aromatic N) is 3. The first-order valence-corrected chi connectivity index (χ1v) is 13.7. The molecule has 0 unspecified atom stereocenters. The van der Waals surface area contributed by atoms with Crippen molar-refractivity contribution >= 4 is 21.6 Å². The van der Waals surface area contributed by atoms with E-state index < -0.39 is 10.0 Å². The summed E-state index contributed by atoms with van der Waals surface area (Å²) in [4.78, 5) is 18.1. The van der Waals surface area contributed by atoms with E-state index in [4.69, 9.17) is 4.74 Å². The van der Waals surface area contributed by atoms with Crippen LogP contribution in [0.4, 0.5) is 5.69 Å². The van der Waals surface area contributed by atoms with Crippen LogP contribution in [0.1, 0.15) is 68.1 Å². The van der Waals surface area contributed by atoms with Gasteiger partial charge in [0, 0.05) is 45.0 Å². The molecule has 0 aromatic heterocycles. The fraction of sp³-hybridized carbons (Fsp3) is 0.708. The van der Waals surface area contributed by atoms with E-state index >= 15 is 0 Å². The van der Waals surface area contributed by atoms with Crippen LogP contribution in [-0.2, 0) is 14.8 Å². The Kier molecular flexibility index (Phi) is 7.74. The van der Waals surface area contributed by atoms with Gasteiger partial charge in [0.2, 0.25) is 10.0 Å². The summed E-state index contributed by atoms with van der Waals surface area (Å²) in [7, 11) is -1.77. The van der Waals surface area contributed by atoms with E-state index in [9.17, 15) is 13.2 Å². The summed E-state index contributed by atoms with van der Waals surface area (Å²) in [5.74, 6) is -0.0588. The number of benzene rings is 1. The van der Waals surface area contributed by atoms with Crippen LogP contribution in [0.2, 0.25) is 0 Å². The topological polar surface area (TPSA) is 70.2 Å². The van der Waals surface area contributed by atoms with Crippen LogP contribution < -0.4 is 4.90 Å². The Labute approximate surface area is 192 Å². The maximum Gasteiger partial charge on any atom is 0.255 e. The van der Waals surface area contributed by atoms with E-state index in [2.05, 4.69) is 4.90 Å². The lowest BCUT2D eigenvalue weighted by molar-refractivity contribution is 0.0716. The van der Waals surface area contributed by atoms with E-state index in [1.54, 1.807) is 12.1 Å². The molecule has 2 saturated heterocycles. The number of hydrogen-bond acceptors (Lipinski definition) is 5. The Balaban J connectivity index is 1.68. The molecular weight excluding hydrogens is 426 g/mol. The standard InChI is InChI=1S/C24H37N3O4S/c1-25(20-9-5-2-3-6-10-20)24(28)22-19-21(32(29,30)27-15-17-31-18-16-27)11-12-23(22)26-13-7-4-8-14-26/h11-12,19-20H,2-10,13-18H2,1H3. The van der Waals surface area contributed by atoms with Crippen LogP contribution in [0, 0.1) is 0 Å². The predicted octanol–water partition coefficient (Wildman–Crippen LogP) is 3.49. The fourth-order valence-corrected chi connectivity index (χ4v) is 6.63. The van der Waals surface area contributed by atoms with Gasteiger partial charge in [-0.25, -0.2) is 8.42 Å². The van der Waals surface area contributed by atoms with Crippen molar-refractivity contribution in [2.45, 2.75) is 68.7 Å². The van der Waals surface area contributed by atoms with E-state index in [0.29, 0.717) is 31.9 Å². The lowest BCUT2D eigenvalue weighted by Crippen LogP contribution is -2.41. The number of hydrogen-bond donors (Lipinski definition) is 0. The van der Waals surface area contributed by atoms with Crippen LogP contribution in [0.15, 0.2) is 23.1 Å².